The summed E-state index contributed by atoms with van der Waals surface area (Å²) in [6.07, 6.45) is 0. The van der Waals surface area contributed by atoms with E-state index >= 15 is 0 Å². The van der Waals surface area contributed by atoms with Gasteiger partial charge in [0.05, 0.1) is 10.5 Å². The molecule has 0 atom stereocenters. The zero-order valence-corrected chi connectivity index (χ0v) is 15.1. The number of sulfonamides is 1. The topological polar surface area (TPSA) is 104 Å². The third-order valence-electron chi connectivity index (χ3n) is 3.26. The predicted molar refractivity (Wildman–Crippen MR) is 91.3 cm³/mol. The standard InChI is InChI=1S/C16H14BrNO5S/c1-10-2-7-13(24(18,21)22)8-14(10)16(20)23-9-15(19)11-3-5-12(17)6-4-11/h2-8H,9H2,1H3,(H2,18,21,22). The van der Waals surface area contributed by atoms with Crippen molar-refractivity contribution in [2.24, 2.45) is 5.14 Å². The highest BCUT2D eigenvalue weighted by molar-refractivity contribution is 9.10. The van der Waals surface area contributed by atoms with Crippen LogP contribution in [0, 0.1) is 6.92 Å². The number of nitrogens with two attached hydrogens (primary N) is 1. The van der Waals surface area contributed by atoms with Crippen LogP contribution in [0.1, 0.15) is 26.3 Å². The normalized spacial score (nSPS) is 11.1. The van der Waals surface area contributed by atoms with Gasteiger partial charge in [0, 0.05) is 10.0 Å². The van der Waals surface area contributed by atoms with Crippen molar-refractivity contribution in [2.45, 2.75) is 11.8 Å². The van der Waals surface area contributed by atoms with Crippen molar-refractivity contribution in [3.8, 4) is 0 Å². The number of ketones is 1. The Labute approximate surface area is 147 Å². The Bertz CT molecular complexity index is 891. The molecule has 0 spiro atoms. The van der Waals surface area contributed by atoms with Gasteiger partial charge in [0.1, 0.15) is 0 Å². The maximum absolute atomic E-state index is 12.1. The summed E-state index contributed by atoms with van der Waals surface area (Å²) < 4.78 is 28.5. The fourth-order valence-electron chi connectivity index (χ4n) is 1.93. The molecule has 0 aliphatic carbocycles. The van der Waals surface area contributed by atoms with Gasteiger partial charge in [-0.1, -0.05) is 34.1 Å². The SMILES string of the molecule is Cc1ccc(S(N)(=O)=O)cc1C(=O)OCC(=O)c1ccc(Br)cc1. The minimum atomic E-state index is -3.93. The molecule has 0 fully saturated rings. The van der Waals surface area contributed by atoms with E-state index in [-0.39, 0.29) is 16.2 Å². The van der Waals surface area contributed by atoms with Crippen LogP contribution < -0.4 is 5.14 Å². The fourth-order valence-corrected chi connectivity index (χ4v) is 2.73. The summed E-state index contributed by atoms with van der Waals surface area (Å²) in [5, 5.41) is 5.05. The third kappa shape index (κ3) is 4.50. The van der Waals surface area contributed by atoms with E-state index in [0.717, 1.165) is 10.5 Å². The van der Waals surface area contributed by atoms with Crippen LogP contribution in [-0.4, -0.2) is 26.8 Å². The molecular weight excluding hydrogens is 398 g/mol. The molecule has 8 heteroatoms. The van der Waals surface area contributed by atoms with E-state index in [0.29, 0.717) is 11.1 Å². The van der Waals surface area contributed by atoms with Crippen molar-refractivity contribution < 1.29 is 22.7 Å². The number of ether oxygens (including phenoxy) is 1. The molecule has 0 amide bonds. The Morgan fingerprint density at radius 2 is 1.75 bits per heavy atom. The summed E-state index contributed by atoms with van der Waals surface area (Å²) in [5.41, 5.74) is 0.967. The highest BCUT2D eigenvalue weighted by atomic mass is 79.9. The Hall–Kier alpha value is -2.03. The Morgan fingerprint density at radius 3 is 2.33 bits per heavy atom. The minimum Gasteiger partial charge on any atom is -0.454 e. The van der Waals surface area contributed by atoms with E-state index in [1.807, 2.05) is 0 Å². The van der Waals surface area contributed by atoms with Gasteiger partial charge >= 0.3 is 5.97 Å². The third-order valence-corrected chi connectivity index (χ3v) is 4.70. The van der Waals surface area contributed by atoms with E-state index in [4.69, 9.17) is 9.88 Å². The van der Waals surface area contributed by atoms with Gasteiger partial charge in [0.15, 0.2) is 12.4 Å². The lowest BCUT2D eigenvalue weighted by Gasteiger charge is -2.08. The number of esters is 1. The smallest absolute Gasteiger partial charge is 0.338 e. The van der Waals surface area contributed by atoms with Crippen LogP contribution in [0.15, 0.2) is 51.8 Å². The lowest BCUT2D eigenvalue weighted by Crippen LogP contribution is -2.17. The first-order valence-electron chi connectivity index (χ1n) is 6.78. The molecule has 126 valence electrons. The van der Waals surface area contributed by atoms with Gasteiger partial charge in [-0.05, 0) is 36.8 Å². The van der Waals surface area contributed by atoms with Gasteiger partial charge in [-0.25, -0.2) is 18.4 Å². The number of halogens is 1. The first-order valence-corrected chi connectivity index (χ1v) is 9.12. The van der Waals surface area contributed by atoms with Crippen LogP contribution in [0.5, 0.6) is 0 Å². The first-order chi connectivity index (χ1) is 11.2. The number of Topliss-reactive ketones (excluding diaryl/α,β-unsaturated/α-hetero) is 1. The van der Waals surface area contributed by atoms with Crippen molar-refractivity contribution in [3.05, 3.63) is 63.6 Å². The average molecular weight is 412 g/mol. The van der Waals surface area contributed by atoms with Gasteiger partial charge in [-0.2, -0.15) is 0 Å². The molecular formula is C16H14BrNO5S. The minimum absolute atomic E-state index is 0.0464. The molecule has 0 unspecified atom stereocenters. The highest BCUT2D eigenvalue weighted by Crippen LogP contribution is 2.16. The molecule has 0 saturated heterocycles. The van der Waals surface area contributed by atoms with Crippen LogP contribution >= 0.6 is 15.9 Å². The second-order valence-corrected chi connectivity index (χ2v) is 7.51. The summed E-state index contributed by atoms with van der Waals surface area (Å²) in [6, 6.07) is 10.5. The van der Waals surface area contributed by atoms with Crippen molar-refractivity contribution >= 4 is 37.7 Å². The monoisotopic (exact) mass is 411 g/mol. The Kier molecular flexibility index (Phi) is 5.53. The fraction of sp³-hybridized carbons (Fsp3) is 0.125. The molecule has 0 heterocycles. The lowest BCUT2D eigenvalue weighted by atomic mass is 10.1. The highest BCUT2D eigenvalue weighted by Gasteiger charge is 2.17. The number of hydrogen-bond donors (Lipinski definition) is 1. The molecule has 0 saturated carbocycles. The number of rotatable bonds is 5. The Morgan fingerprint density at radius 1 is 1.12 bits per heavy atom. The van der Waals surface area contributed by atoms with Crippen LogP contribution in [0.2, 0.25) is 0 Å². The van der Waals surface area contributed by atoms with Crippen LogP contribution in [0.4, 0.5) is 0 Å². The van der Waals surface area contributed by atoms with Crippen LogP contribution in [0.25, 0.3) is 0 Å². The van der Waals surface area contributed by atoms with E-state index in [1.54, 1.807) is 31.2 Å². The molecule has 0 bridgehead atoms. The quantitative estimate of drug-likeness (QED) is 0.600. The summed E-state index contributed by atoms with van der Waals surface area (Å²) in [6.45, 7) is 1.18. The van der Waals surface area contributed by atoms with Crippen molar-refractivity contribution in [1.82, 2.24) is 0 Å². The molecule has 2 aromatic rings. The number of benzene rings is 2. The summed E-state index contributed by atoms with van der Waals surface area (Å²) in [5.74, 6) is -1.15. The largest absolute Gasteiger partial charge is 0.454 e. The van der Waals surface area contributed by atoms with Crippen molar-refractivity contribution in [2.75, 3.05) is 6.61 Å². The maximum atomic E-state index is 12.1. The molecule has 2 aromatic carbocycles. The molecule has 2 N–H and O–H groups in total. The summed E-state index contributed by atoms with van der Waals surface area (Å²) in [4.78, 5) is 23.9. The number of carbonyl (C=O) groups is 2. The van der Waals surface area contributed by atoms with Crippen LogP contribution in [0.3, 0.4) is 0 Å². The number of aryl methyl sites for hydroxylation is 1. The molecule has 6 nitrogen and oxygen atoms in total. The second kappa shape index (κ2) is 7.25. The van der Waals surface area contributed by atoms with Gasteiger partial charge < -0.3 is 4.74 Å². The van der Waals surface area contributed by atoms with Gasteiger partial charge in [-0.15, -0.1) is 0 Å². The second-order valence-electron chi connectivity index (χ2n) is 5.03. The van der Waals surface area contributed by atoms with Gasteiger partial charge in [0.25, 0.3) is 0 Å². The molecule has 0 aliphatic heterocycles. The Balaban J connectivity index is 2.12. The van der Waals surface area contributed by atoms with Crippen molar-refractivity contribution in [3.63, 3.8) is 0 Å². The molecule has 0 aromatic heterocycles. The first kappa shape index (κ1) is 18.3. The summed E-state index contributed by atoms with van der Waals surface area (Å²) >= 11 is 3.26. The molecule has 2 rings (SSSR count). The van der Waals surface area contributed by atoms with Crippen molar-refractivity contribution in [1.29, 1.82) is 0 Å². The van der Waals surface area contributed by atoms with Crippen LogP contribution in [-0.2, 0) is 14.8 Å². The number of carbonyl (C=O) groups excluding carboxylic acids is 2. The molecule has 24 heavy (non-hydrogen) atoms. The van der Waals surface area contributed by atoms with Gasteiger partial charge in [0.2, 0.25) is 10.0 Å². The zero-order valence-electron chi connectivity index (χ0n) is 12.7. The predicted octanol–water partition coefficient (Wildman–Crippen LogP) is 2.44. The van der Waals surface area contributed by atoms with E-state index in [2.05, 4.69) is 15.9 Å². The molecule has 0 radical (unpaired) electrons. The number of hydrogen-bond acceptors (Lipinski definition) is 5. The zero-order chi connectivity index (χ0) is 17.9. The van der Waals surface area contributed by atoms with E-state index in [9.17, 15) is 18.0 Å². The van der Waals surface area contributed by atoms with Gasteiger partial charge in [-0.3, -0.25) is 4.79 Å². The lowest BCUT2D eigenvalue weighted by molar-refractivity contribution is 0.0473. The average Bonchev–Trinajstić information content (AvgIpc) is 2.52. The van der Waals surface area contributed by atoms with E-state index in [1.165, 1.54) is 12.1 Å². The molecule has 0 aliphatic rings. The summed E-state index contributed by atoms with van der Waals surface area (Å²) in [7, 11) is -3.93. The maximum Gasteiger partial charge on any atom is 0.338 e. The van der Waals surface area contributed by atoms with E-state index < -0.39 is 22.6 Å². The number of primary sulfonamides is 1.